The fraction of sp³-hybridized carbons (Fsp3) is 0.625. The highest BCUT2D eigenvalue weighted by molar-refractivity contribution is 5.38. The molecule has 19 heavy (non-hydrogen) atoms. The number of hydrogen-bond acceptors (Lipinski definition) is 3. The predicted molar refractivity (Wildman–Crippen MR) is 79.8 cm³/mol. The molecule has 1 saturated heterocycles. The molecule has 0 aromatic heterocycles. The zero-order valence-corrected chi connectivity index (χ0v) is 12.4. The normalized spacial score (nSPS) is 19.6. The minimum atomic E-state index is 0.467. The van der Waals surface area contributed by atoms with E-state index in [9.17, 15) is 0 Å². The lowest BCUT2D eigenvalue weighted by Crippen LogP contribution is -2.47. The largest absolute Gasteiger partial charge is 0.378 e. The smallest absolute Gasteiger partial charge is 0.0632 e. The molecule has 0 radical (unpaired) electrons. The summed E-state index contributed by atoms with van der Waals surface area (Å²) in [5.41, 5.74) is 5.72. The van der Waals surface area contributed by atoms with Crippen LogP contribution in [0.3, 0.4) is 0 Å². The van der Waals surface area contributed by atoms with Crippen LogP contribution in [0.5, 0.6) is 0 Å². The zero-order chi connectivity index (χ0) is 13.7. The first kappa shape index (κ1) is 14.5. The van der Waals surface area contributed by atoms with Crippen molar-refractivity contribution in [2.24, 2.45) is 0 Å². The van der Waals surface area contributed by atoms with Gasteiger partial charge in [0.15, 0.2) is 0 Å². The molecule has 0 aliphatic carbocycles. The van der Waals surface area contributed by atoms with Crippen LogP contribution in [-0.2, 0) is 11.2 Å². The Labute approximate surface area is 116 Å². The third-order valence-corrected chi connectivity index (χ3v) is 4.13. The number of aryl methyl sites for hydroxylation is 1. The third-order valence-electron chi connectivity index (χ3n) is 4.13. The van der Waals surface area contributed by atoms with Gasteiger partial charge in [0.05, 0.1) is 13.2 Å². The van der Waals surface area contributed by atoms with Crippen LogP contribution in [0.25, 0.3) is 0 Å². The van der Waals surface area contributed by atoms with Crippen molar-refractivity contribution in [3.63, 3.8) is 0 Å². The van der Waals surface area contributed by atoms with Crippen LogP contribution in [0.15, 0.2) is 12.1 Å². The molecule has 1 atom stereocenters. The van der Waals surface area contributed by atoms with Gasteiger partial charge < -0.3 is 15.4 Å². The molecule has 0 bridgehead atoms. The summed E-state index contributed by atoms with van der Waals surface area (Å²) in [6, 6.07) is 4.96. The van der Waals surface area contributed by atoms with Crippen molar-refractivity contribution in [3.05, 3.63) is 34.4 Å². The van der Waals surface area contributed by atoms with E-state index in [1.54, 1.807) is 0 Å². The molecule has 1 unspecified atom stereocenters. The van der Waals surface area contributed by atoms with Crippen molar-refractivity contribution in [2.45, 2.75) is 33.2 Å². The van der Waals surface area contributed by atoms with Crippen molar-refractivity contribution in [2.75, 3.05) is 32.8 Å². The minimum Gasteiger partial charge on any atom is -0.378 e. The molecule has 1 aromatic carbocycles. The standard InChI is InChI=1S/C16H26N2O/c1-12-4-5-15(14(3)13(12)2)6-7-17-10-16-11-19-9-8-18-16/h4-5,16-18H,6-11H2,1-3H3. The summed E-state index contributed by atoms with van der Waals surface area (Å²) in [6.45, 7) is 11.3. The number of benzene rings is 1. The number of rotatable bonds is 5. The third kappa shape index (κ3) is 4.03. The fourth-order valence-corrected chi connectivity index (χ4v) is 2.53. The van der Waals surface area contributed by atoms with Crippen LogP contribution in [0, 0.1) is 20.8 Å². The minimum absolute atomic E-state index is 0.467. The second kappa shape index (κ2) is 7.04. The highest BCUT2D eigenvalue weighted by Gasteiger charge is 2.11. The summed E-state index contributed by atoms with van der Waals surface area (Å²) in [5.74, 6) is 0. The topological polar surface area (TPSA) is 33.3 Å². The van der Waals surface area contributed by atoms with E-state index in [4.69, 9.17) is 4.74 Å². The molecule has 1 fully saturated rings. The molecule has 1 aliphatic rings. The van der Waals surface area contributed by atoms with Gasteiger partial charge in [0, 0.05) is 19.1 Å². The Kier molecular flexibility index (Phi) is 5.37. The lowest BCUT2D eigenvalue weighted by atomic mass is 9.97. The second-order valence-electron chi connectivity index (χ2n) is 5.47. The first-order chi connectivity index (χ1) is 9.18. The van der Waals surface area contributed by atoms with E-state index in [-0.39, 0.29) is 0 Å². The van der Waals surface area contributed by atoms with Crippen molar-refractivity contribution >= 4 is 0 Å². The lowest BCUT2D eigenvalue weighted by molar-refractivity contribution is 0.0768. The number of ether oxygens (including phenoxy) is 1. The summed E-state index contributed by atoms with van der Waals surface area (Å²) >= 11 is 0. The van der Waals surface area contributed by atoms with Crippen molar-refractivity contribution in [1.82, 2.24) is 10.6 Å². The highest BCUT2D eigenvalue weighted by atomic mass is 16.5. The molecule has 0 amide bonds. The molecule has 106 valence electrons. The second-order valence-corrected chi connectivity index (χ2v) is 5.47. The van der Waals surface area contributed by atoms with Gasteiger partial charge in [-0.05, 0) is 56.0 Å². The Morgan fingerprint density at radius 3 is 2.84 bits per heavy atom. The van der Waals surface area contributed by atoms with E-state index in [2.05, 4.69) is 43.5 Å². The Bertz CT molecular complexity index is 411. The van der Waals surface area contributed by atoms with Crippen LogP contribution in [0.2, 0.25) is 0 Å². The van der Waals surface area contributed by atoms with Gasteiger partial charge in [-0.2, -0.15) is 0 Å². The highest BCUT2D eigenvalue weighted by Crippen LogP contribution is 2.17. The number of hydrogen-bond donors (Lipinski definition) is 2. The van der Waals surface area contributed by atoms with Gasteiger partial charge in [-0.3, -0.25) is 0 Å². The van der Waals surface area contributed by atoms with E-state index >= 15 is 0 Å². The van der Waals surface area contributed by atoms with Gasteiger partial charge in [-0.1, -0.05) is 12.1 Å². The van der Waals surface area contributed by atoms with Crippen LogP contribution in [0.4, 0.5) is 0 Å². The Morgan fingerprint density at radius 2 is 2.11 bits per heavy atom. The maximum Gasteiger partial charge on any atom is 0.0632 e. The molecule has 2 N–H and O–H groups in total. The molecular formula is C16H26N2O. The molecule has 3 nitrogen and oxygen atoms in total. The molecular weight excluding hydrogens is 236 g/mol. The van der Waals surface area contributed by atoms with Crippen molar-refractivity contribution < 1.29 is 4.74 Å². The number of morpholine rings is 1. The van der Waals surface area contributed by atoms with Crippen LogP contribution in [0.1, 0.15) is 22.3 Å². The molecule has 0 spiro atoms. The van der Waals surface area contributed by atoms with Gasteiger partial charge in [0.25, 0.3) is 0 Å². The molecule has 1 aromatic rings. The number of nitrogens with one attached hydrogen (secondary N) is 2. The Balaban J connectivity index is 1.75. The van der Waals surface area contributed by atoms with Crippen LogP contribution < -0.4 is 10.6 Å². The maximum atomic E-state index is 5.44. The Morgan fingerprint density at radius 1 is 1.26 bits per heavy atom. The summed E-state index contributed by atoms with van der Waals surface area (Å²) in [6.07, 6.45) is 1.10. The van der Waals surface area contributed by atoms with E-state index in [0.717, 1.165) is 39.3 Å². The lowest BCUT2D eigenvalue weighted by Gasteiger charge is -2.24. The van der Waals surface area contributed by atoms with Crippen molar-refractivity contribution in [3.8, 4) is 0 Å². The van der Waals surface area contributed by atoms with Gasteiger partial charge in [-0.15, -0.1) is 0 Å². The van der Waals surface area contributed by atoms with Gasteiger partial charge in [0.2, 0.25) is 0 Å². The van der Waals surface area contributed by atoms with Crippen LogP contribution >= 0.6 is 0 Å². The molecule has 2 rings (SSSR count). The first-order valence-corrected chi connectivity index (χ1v) is 7.26. The average Bonchev–Trinajstić information content (AvgIpc) is 2.44. The van der Waals surface area contributed by atoms with Gasteiger partial charge in [-0.25, -0.2) is 0 Å². The van der Waals surface area contributed by atoms with Gasteiger partial charge in [0.1, 0.15) is 0 Å². The summed E-state index contributed by atoms with van der Waals surface area (Å²) in [7, 11) is 0. The van der Waals surface area contributed by atoms with E-state index in [0.29, 0.717) is 6.04 Å². The maximum absolute atomic E-state index is 5.44. The molecule has 0 saturated carbocycles. The van der Waals surface area contributed by atoms with E-state index in [1.807, 2.05) is 0 Å². The summed E-state index contributed by atoms with van der Waals surface area (Å²) in [5, 5.41) is 6.98. The van der Waals surface area contributed by atoms with E-state index < -0.39 is 0 Å². The van der Waals surface area contributed by atoms with Crippen LogP contribution in [-0.4, -0.2) is 38.9 Å². The SMILES string of the molecule is Cc1ccc(CCNCC2COCCN2)c(C)c1C. The zero-order valence-electron chi connectivity index (χ0n) is 12.4. The molecule has 1 heterocycles. The molecule has 1 aliphatic heterocycles. The van der Waals surface area contributed by atoms with E-state index in [1.165, 1.54) is 22.3 Å². The predicted octanol–water partition coefficient (Wildman–Crippen LogP) is 1.73. The van der Waals surface area contributed by atoms with Crippen molar-refractivity contribution in [1.29, 1.82) is 0 Å². The summed E-state index contributed by atoms with van der Waals surface area (Å²) in [4.78, 5) is 0. The Hall–Kier alpha value is -0.900. The quantitative estimate of drug-likeness (QED) is 0.793. The summed E-state index contributed by atoms with van der Waals surface area (Å²) < 4.78 is 5.44. The first-order valence-electron chi connectivity index (χ1n) is 7.26. The monoisotopic (exact) mass is 262 g/mol. The molecule has 3 heteroatoms. The van der Waals surface area contributed by atoms with Gasteiger partial charge >= 0.3 is 0 Å². The fourth-order valence-electron chi connectivity index (χ4n) is 2.53. The average molecular weight is 262 g/mol.